The Labute approximate surface area is 230 Å². The number of fused-ring (bicyclic) bond motifs is 2. The summed E-state index contributed by atoms with van der Waals surface area (Å²) in [7, 11) is 1.64. The zero-order chi connectivity index (χ0) is 26.5. The van der Waals surface area contributed by atoms with Crippen molar-refractivity contribution < 1.29 is 14.3 Å². The number of amides is 2. The third kappa shape index (κ3) is 6.05. The lowest BCUT2D eigenvalue weighted by Gasteiger charge is -2.52. The Kier molecular flexibility index (Phi) is 8.33. The second-order valence-electron chi connectivity index (χ2n) is 10.5. The number of aryl methyl sites for hydroxylation is 1. The number of hydrogen-bond acceptors (Lipinski definition) is 3. The minimum absolute atomic E-state index is 0.0194. The summed E-state index contributed by atoms with van der Waals surface area (Å²) >= 11 is 6.21. The maximum Gasteiger partial charge on any atom is 0.247 e. The maximum atomic E-state index is 14.1. The Hall–Kier alpha value is -3.31. The summed E-state index contributed by atoms with van der Waals surface area (Å²) in [6.45, 7) is 0.411. The van der Waals surface area contributed by atoms with Crippen molar-refractivity contribution in [1.82, 2.24) is 10.2 Å². The standard InChI is InChI=1S/C32H35ClN2O3/c1-38-28-15-7-22(8-16-28)10-18-30(36)35(29-17-9-24-19-26(29)20-24)31(25-11-13-27(33)14-12-25)32(37)34-21-23-5-3-2-4-6-23/h2-8,11-16,24,26,29,31H,9-10,17-21H2,1H3,(H,34,37)/t24?,26?,29-,31?/m1/s1. The molecular weight excluding hydrogens is 496 g/mol. The minimum atomic E-state index is -0.707. The first-order valence-electron chi connectivity index (χ1n) is 13.5. The van der Waals surface area contributed by atoms with Crippen LogP contribution in [-0.2, 0) is 22.6 Å². The van der Waals surface area contributed by atoms with E-state index in [4.69, 9.17) is 16.3 Å². The quantitative estimate of drug-likeness (QED) is 0.332. The van der Waals surface area contributed by atoms with E-state index in [-0.39, 0.29) is 17.9 Å². The van der Waals surface area contributed by atoms with Crippen molar-refractivity contribution >= 4 is 23.4 Å². The Morgan fingerprint density at radius 2 is 1.66 bits per heavy atom. The summed E-state index contributed by atoms with van der Waals surface area (Å²) in [5.41, 5.74) is 2.88. The number of methoxy groups -OCH3 is 1. The topological polar surface area (TPSA) is 58.6 Å². The molecule has 0 saturated heterocycles. The zero-order valence-electron chi connectivity index (χ0n) is 21.8. The van der Waals surface area contributed by atoms with Gasteiger partial charge >= 0.3 is 0 Å². The van der Waals surface area contributed by atoms with E-state index in [1.165, 1.54) is 0 Å². The SMILES string of the molecule is COc1ccc(CCC(=O)N(C(C(=O)NCc2ccccc2)c2ccc(Cl)cc2)[C@@H]2CCC3CC2C3)cc1. The second kappa shape index (κ2) is 12.0. The Balaban J connectivity index is 1.42. The molecule has 0 spiro atoms. The van der Waals surface area contributed by atoms with Gasteiger partial charge in [0.1, 0.15) is 11.8 Å². The van der Waals surface area contributed by atoms with E-state index < -0.39 is 6.04 Å². The fraction of sp³-hybridized carbons (Fsp3) is 0.375. The molecule has 3 aliphatic carbocycles. The molecule has 198 valence electrons. The smallest absolute Gasteiger partial charge is 0.247 e. The van der Waals surface area contributed by atoms with Gasteiger partial charge < -0.3 is 15.0 Å². The third-order valence-electron chi connectivity index (χ3n) is 8.14. The highest BCUT2D eigenvalue weighted by molar-refractivity contribution is 6.30. The summed E-state index contributed by atoms with van der Waals surface area (Å²) in [6, 6.07) is 24.4. The maximum absolute atomic E-state index is 14.1. The van der Waals surface area contributed by atoms with Crippen LogP contribution in [0.5, 0.6) is 5.75 Å². The van der Waals surface area contributed by atoms with Crippen molar-refractivity contribution in [2.45, 2.75) is 57.2 Å². The van der Waals surface area contributed by atoms with Gasteiger partial charge in [-0.3, -0.25) is 9.59 Å². The molecule has 2 atom stereocenters. The van der Waals surface area contributed by atoms with Gasteiger partial charge in [0.2, 0.25) is 11.8 Å². The van der Waals surface area contributed by atoms with Crippen LogP contribution in [0.2, 0.25) is 5.02 Å². The van der Waals surface area contributed by atoms with Crippen LogP contribution in [0.3, 0.4) is 0 Å². The first kappa shape index (κ1) is 26.3. The molecule has 3 aliphatic rings. The van der Waals surface area contributed by atoms with Crippen molar-refractivity contribution in [3.63, 3.8) is 0 Å². The molecule has 38 heavy (non-hydrogen) atoms. The predicted molar refractivity (Wildman–Crippen MR) is 150 cm³/mol. The van der Waals surface area contributed by atoms with E-state index in [0.717, 1.165) is 54.0 Å². The van der Waals surface area contributed by atoms with Crippen LogP contribution in [0, 0.1) is 11.8 Å². The number of benzene rings is 3. The number of hydrogen-bond donors (Lipinski definition) is 1. The van der Waals surface area contributed by atoms with Crippen molar-refractivity contribution in [3.05, 3.63) is 101 Å². The molecule has 1 N–H and O–H groups in total. The number of carbonyl (C=O) groups is 2. The molecule has 0 aromatic heterocycles. The average Bonchev–Trinajstić information content (AvgIpc) is 2.94. The summed E-state index contributed by atoms with van der Waals surface area (Å²) < 4.78 is 5.27. The lowest BCUT2D eigenvalue weighted by molar-refractivity contribution is -0.149. The minimum Gasteiger partial charge on any atom is -0.497 e. The highest BCUT2D eigenvalue weighted by atomic mass is 35.5. The summed E-state index contributed by atoms with van der Waals surface area (Å²) in [5.74, 6) is 1.88. The van der Waals surface area contributed by atoms with Gasteiger partial charge in [-0.2, -0.15) is 0 Å². The van der Waals surface area contributed by atoms with Crippen molar-refractivity contribution in [1.29, 1.82) is 0 Å². The number of ether oxygens (including phenoxy) is 1. The fourth-order valence-corrected chi connectivity index (χ4v) is 6.13. The number of halogens is 1. The zero-order valence-corrected chi connectivity index (χ0v) is 22.6. The van der Waals surface area contributed by atoms with Gasteiger partial charge in [0.05, 0.1) is 7.11 Å². The van der Waals surface area contributed by atoms with Gasteiger partial charge in [-0.1, -0.05) is 66.2 Å². The fourth-order valence-electron chi connectivity index (χ4n) is 6.00. The van der Waals surface area contributed by atoms with Gasteiger partial charge in [0, 0.05) is 24.0 Å². The molecule has 2 amide bonds. The van der Waals surface area contributed by atoms with E-state index >= 15 is 0 Å². The molecular formula is C32H35ClN2O3. The Morgan fingerprint density at radius 3 is 2.29 bits per heavy atom. The van der Waals surface area contributed by atoms with Gasteiger partial charge in [-0.15, -0.1) is 0 Å². The Bertz CT molecular complexity index is 1220. The Morgan fingerprint density at radius 1 is 0.947 bits per heavy atom. The van der Waals surface area contributed by atoms with Crippen LogP contribution in [0.15, 0.2) is 78.9 Å². The van der Waals surface area contributed by atoms with Crippen LogP contribution in [-0.4, -0.2) is 29.9 Å². The lowest BCUT2D eigenvalue weighted by Crippen LogP contribution is -2.55. The number of rotatable bonds is 10. The summed E-state index contributed by atoms with van der Waals surface area (Å²) in [4.78, 5) is 29.9. The number of nitrogens with one attached hydrogen (secondary N) is 1. The first-order chi connectivity index (χ1) is 18.5. The number of nitrogens with zero attached hydrogens (tertiary/aromatic N) is 1. The first-order valence-corrected chi connectivity index (χ1v) is 13.9. The van der Waals surface area contributed by atoms with Crippen LogP contribution in [0.4, 0.5) is 0 Å². The normalized spacial score (nSPS) is 20.6. The molecule has 0 radical (unpaired) electrons. The van der Waals surface area contributed by atoms with Gasteiger partial charge in [-0.05, 0) is 84.9 Å². The molecule has 3 saturated carbocycles. The van der Waals surface area contributed by atoms with Crippen LogP contribution in [0.1, 0.15) is 54.8 Å². The molecule has 3 aromatic carbocycles. The second-order valence-corrected chi connectivity index (χ2v) is 11.0. The monoisotopic (exact) mass is 530 g/mol. The molecule has 6 rings (SSSR count). The van der Waals surface area contributed by atoms with E-state index in [1.54, 1.807) is 19.2 Å². The van der Waals surface area contributed by atoms with Crippen LogP contribution in [0.25, 0.3) is 0 Å². The van der Waals surface area contributed by atoms with E-state index in [0.29, 0.717) is 30.3 Å². The molecule has 0 heterocycles. The van der Waals surface area contributed by atoms with Crippen molar-refractivity contribution in [2.75, 3.05) is 7.11 Å². The van der Waals surface area contributed by atoms with Crippen molar-refractivity contribution in [2.24, 2.45) is 11.8 Å². The molecule has 6 heteroatoms. The van der Waals surface area contributed by atoms with Crippen LogP contribution >= 0.6 is 11.6 Å². The largest absolute Gasteiger partial charge is 0.497 e. The van der Waals surface area contributed by atoms with E-state index in [1.807, 2.05) is 71.6 Å². The highest BCUT2D eigenvalue weighted by Gasteiger charge is 2.47. The highest BCUT2D eigenvalue weighted by Crippen LogP contribution is 2.49. The van der Waals surface area contributed by atoms with E-state index in [9.17, 15) is 9.59 Å². The summed E-state index contributed by atoms with van der Waals surface area (Å²) in [5, 5.41) is 3.73. The predicted octanol–water partition coefficient (Wildman–Crippen LogP) is 6.36. The number of carbonyl (C=O) groups excluding carboxylic acids is 2. The molecule has 1 unspecified atom stereocenters. The van der Waals surface area contributed by atoms with Gasteiger partial charge in [-0.25, -0.2) is 0 Å². The van der Waals surface area contributed by atoms with E-state index in [2.05, 4.69) is 5.32 Å². The average molecular weight is 531 g/mol. The molecule has 2 bridgehead atoms. The van der Waals surface area contributed by atoms with Crippen LogP contribution < -0.4 is 10.1 Å². The lowest BCUT2D eigenvalue weighted by atomic mass is 9.62. The third-order valence-corrected chi connectivity index (χ3v) is 8.39. The van der Waals surface area contributed by atoms with Crippen molar-refractivity contribution in [3.8, 4) is 5.75 Å². The molecule has 3 aromatic rings. The summed E-state index contributed by atoms with van der Waals surface area (Å²) in [6.07, 6.45) is 5.30. The molecule has 0 aliphatic heterocycles. The molecule has 3 fully saturated rings. The molecule has 5 nitrogen and oxygen atoms in total. The van der Waals surface area contributed by atoms with Gasteiger partial charge in [0.15, 0.2) is 0 Å². The van der Waals surface area contributed by atoms with Gasteiger partial charge in [0.25, 0.3) is 0 Å².